The molecule has 0 saturated carbocycles. The number of para-hydroxylation sites is 1. The Labute approximate surface area is 242 Å². The van der Waals surface area contributed by atoms with Crippen LogP contribution in [0.5, 0.6) is 11.5 Å². The van der Waals surface area contributed by atoms with Crippen LogP contribution in [-0.2, 0) is 17.7 Å². The molecule has 1 atom stereocenters. The molecule has 10 heteroatoms. The lowest BCUT2D eigenvalue weighted by Crippen LogP contribution is -2.16. The maximum absolute atomic E-state index is 13.2. The average molecular weight is 580 g/mol. The van der Waals surface area contributed by atoms with Crippen molar-refractivity contribution in [1.82, 2.24) is 0 Å². The minimum Gasteiger partial charge on any atom is -0.870 e. The molecule has 0 saturated heterocycles. The molecule has 0 radical (unpaired) electrons. The van der Waals surface area contributed by atoms with Gasteiger partial charge in [-0.15, -0.1) is 0 Å². The third-order valence-corrected chi connectivity index (χ3v) is 6.81. The van der Waals surface area contributed by atoms with Crippen LogP contribution in [0.3, 0.4) is 0 Å². The monoisotopic (exact) mass is 579 g/mol. The van der Waals surface area contributed by atoms with Crippen molar-refractivity contribution in [2.45, 2.75) is 19.1 Å². The molecule has 1 heterocycles. The number of hydrogen-bond acceptors (Lipinski definition) is 7. The summed E-state index contributed by atoms with van der Waals surface area (Å²) in [5.41, 5.74) is 3.98. The normalized spacial score (nSPS) is 11.0. The van der Waals surface area contributed by atoms with Gasteiger partial charge in [-0.05, 0) is 47.5 Å². The number of nitrogens with one attached hydrogen (secondary N) is 2. The number of esters is 1. The Kier molecular flexibility index (Phi) is 10.7. The number of aromatic amines is 1. The standard InChI is InChI=1S/C30H25Cl2N3O4.H2O/c1-37-27-12-11-21(13-29(27)38-2)28(14-23-24(31)17-34-18-25(23)32)39-30(36)20-9-7-19(8-10-20)16-35-26-6-4-3-5-22(26)15-33;/h3-13,17-18,28,35H,14,16H2,1-2H3;1H2/t28-;/m0./s1. The van der Waals surface area contributed by atoms with E-state index in [0.717, 1.165) is 11.3 Å². The van der Waals surface area contributed by atoms with Gasteiger partial charge in [-0.1, -0.05) is 53.5 Å². The number of anilines is 1. The molecule has 0 amide bonds. The Hall–Kier alpha value is -4.29. The quantitative estimate of drug-likeness (QED) is 0.219. The topological polar surface area (TPSA) is 125 Å². The molecule has 0 aliphatic heterocycles. The van der Waals surface area contributed by atoms with E-state index in [0.29, 0.717) is 50.3 Å². The molecular weight excluding hydrogens is 553 g/mol. The largest absolute Gasteiger partial charge is 0.870 e. The number of carbonyl (C=O) groups excluding carboxylic acids is 1. The molecule has 3 N–H and O–H groups in total. The zero-order chi connectivity index (χ0) is 27.8. The van der Waals surface area contributed by atoms with Crippen molar-refractivity contribution in [3.05, 3.63) is 117 Å². The first-order valence-electron chi connectivity index (χ1n) is 12.0. The van der Waals surface area contributed by atoms with Crippen molar-refractivity contribution in [3.63, 3.8) is 0 Å². The molecule has 4 rings (SSSR count). The summed E-state index contributed by atoms with van der Waals surface area (Å²) in [6, 6.07) is 21.9. The molecule has 0 bridgehead atoms. The van der Waals surface area contributed by atoms with Gasteiger partial charge in [0.2, 0.25) is 0 Å². The first-order chi connectivity index (χ1) is 18.9. The zero-order valence-electron chi connectivity index (χ0n) is 21.8. The Morgan fingerprint density at radius 3 is 2.30 bits per heavy atom. The second-order valence-electron chi connectivity index (χ2n) is 8.55. The van der Waals surface area contributed by atoms with Gasteiger partial charge in [0.1, 0.15) is 22.2 Å². The number of rotatable bonds is 10. The lowest BCUT2D eigenvalue weighted by atomic mass is 10.0. The predicted octanol–water partition coefficient (Wildman–Crippen LogP) is 6.27. The summed E-state index contributed by atoms with van der Waals surface area (Å²) in [6.45, 7) is 0.490. The van der Waals surface area contributed by atoms with Crippen LogP contribution in [-0.4, -0.2) is 25.7 Å². The number of carbonyl (C=O) groups is 1. The van der Waals surface area contributed by atoms with Crippen molar-refractivity contribution in [2.24, 2.45) is 0 Å². The van der Waals surface area contributed by atoms with Gasteiger partial charge < -0.3 is 25.0 Å². The summed E-state index contributed by atoms with van der Waals surface area (Å²) in [7, 11) is 3.09. The molecule has 4 aromatic rings. The first-order valence-corrected chi connectivity index (χ1v) is 12.8. The highest BCUT2D eigenvalue weighted by atomic mass is 35.5. The van der Waals surface area contributed by atoms with E-state index >= 15 is 0 Å². The number of H-pyrrole nitrogens is 1. The molecule has 0 aliphatic carbocycles. The smallest absolute Gasteiger partial charge is 0.338 e. The number of halogens is 2. The van der Waals surface area contributed by atoms with Crippen LogP contribution < -0.4 is 19.8 Å². The first kappa shape index (κ1) is 30.3. The summed E-state index contributed by atoms with van der Waals surface area (Å²) in [6.07, 6.45) is 2.78. The van der Waals surface area contributed by atoms with Crippen LogP contribution in [0.25, 0.3) is 0 Å². The fraction of sp³-hybridized carbons (Fsp3) is 0.167. The van der Waals surface area contributed by atoms with Gasteiger partial charge in [0.05, 0.1) is 31.0 Å². The number of nitrogens with zero attached hydrogens (tertiary/aromatic N) is 1. The lowest BCUT2D eigenvalue weighted by molar-refractivity contribution is -0.377. The van der Waals surface area contributed by atoms with Crippen molar-refractivity contribution in [2.75, 3.05) is 19.5 Å². The Morgan fingerprint density at radius 1 is 0.975 bits per heavy atom. The van der Waals surface area contributed by atoms with Crippen LogP contribution in [0.15, 0.2) is 79.1 Å². The van der Waals surface area contributed by atoms with Crippen molar-refractivity contribution < 1.29 is 29.5 Å². The van der Waals surface area contributed by atoms with Gasteiger partial charge in [0.25, 0.3) is 0 Å². The minimum absolute atomic E-state index is 0. The summed E-state index contributed by atoms with van der Waals surface area (Å²) in [4.78, 5) is 16.1. The van der Waals surface area contributed by atoms with Crippen LogP contribution >= 0.6 is 23.2 Å². The number of methoxy groups -OCH3 is 2. The molecule has 0 spiro atoms. The van der Waals surface area contributed by atoms with Crippen molar-refractivity contribution in [1.29, 1.82) is 5.26 Å². The molecule has 1 aromatic heterocycles. The number of aromatic nitrogens is 1. The van der Waals surface area contributed by atoms with Crippen molar-refractivity contribution >= 4 is 34.9 Å². The van der Waals surface area contributed by atoms with Crippen LogP contribution in [0.2, 0.25) is 10.0 Å². The van der Waals surface area contributed by atoms with Gasteiger partial charge in [0.15, 0.2) is 23.9 Å². The fourth-order valence-electron chi connectivity index (χ4n) is 4.03. The third-order valence-electron chi connectivity index (χ3n) is 6.14. The van der Waals surface area contributed by atoms with Gasteiger partial charge >= 0.3 is 5.97 Å². The molecule has 0 fully saturated rings. The highest BCUT2D eigenvalue weighted by Crippen LogP contribution is 2.35. The van der Waals surface area contributed by atoms with E-state index < -0.39 is 12.1 Å². The van der Waals surface area contributed by atoms with Crippen LogP contribution in [0.4, 0.5) is 5.69 Å². The van der Waals surface area contributed by atoms with E-state index in [1.54, 1.807) is 56.9 Å². The van der Waals surface area contributed by atoms with E-state index in [9.17, 15) is 10.1 Å². The molecule has 8 nitrogen and oxygen atoms in total. The molecule has 0 aliphatic rings. The van der Waals surface area contributed by atoms with Crippen LogP contribution in [0, 0.1) is 11.3 Å². The fourth-order valence-corrected chi connectivity index (χ4v) is 4.56. The summed E-state index contributed by atoms with van der Waals surface area (Å²) < 4.78 is 16.8. The maximum atomic E-state index is 13.2. The Bertz CT molecular complexity index is 1490. The number of nitriles is 1. The van der Waals surface area contributed by atoms with Gasteiger partial charge in [0, 0.05) is 18.5 Å². The molecule has 206 valence electrons. The minimum atomic E-state index is -0.710. The molecule has 0 unspecified atom stereocenters. The number of ether oxygens (including phenoxy) is 3. The van der Waals surface area contributed by atoms with Gasteiger partial charge in [-0.25, -0.2) is 9.78 Å². The van der Waals surface area contributed by atoms with E-state index in [2.05, 4.69) is 16.4 Å². The third kappa shape index (κ3) is 7.21. The Morgan fingerprint density at radius 2 is 1.65 bits per heavy atom. The van der Waals surface area contributed by atoms with E-state index in [-0.39, 0.29) is 11.9 Å². The highest BCUT2D eigenvalue weighted by Gasteiger charge is 2.24. The average Bonchev–Trinajstić information content (AvgIpc) is 2.97. The maximum Gasteiger partial charge on any atom is 0.338 e. The second-order valence-corrected chi connectivity index (χ2v) is 9.36. The molecule has 40 heavy (non-hydrogen) atoms. The van der Waals surface area contributed by atoms with Crippen molar-refractivity contribution in [3.8, 4) is 17.6 Å². The summed E-state index contributed by atoms with van der Waals surface area (Å²) >= 11 is 12.8. The number of pyridine rings is 1. The molecule has 3 aromatic carbocycles. The summed E-state index contributed by atoms with van der Waals surface area (Å²) in [5.74, 6) is 0.557. The predicted molar refractivity (Wildman–Crippen MR) is 151 cm³/mol. The van der Waals surface area contributed by atoms with E-state index in [4.69, 9.17) is 37.4 Å². The van der Waals surface area contributed by atoms with E-state index in [1.165, 1.54) is 0 Å². The van der Waals surface area contributed by atoms with Crippen LogP contribution in [0.1, 0.15) is 38.7 Å². The summed E-state index contributed by atoms with van der Waals surface area (Å²) in [5, 5.41) is 13.4. The number of benzene rings is 3. The van der Waals surface area contributed by atoms with Gasteiger partial charge in [-0.3, -0.25) is 0 Å². The van der Waals surface area contributed by atoms with Gasteiger partial charge in [-0.2, -0.15) is 5.26 Å². The van der Waals surface area contributed by atoms with E-state index in [1.807, 2.05) is 36.4 Å². The SMILES string of the molecule is COc1ccc([C@H](Cc2c(Cl)c[nH+]cc2Cl)OC(=O)c2ccc(CNc3ccccc3C#N)cc2)cc1OC.[OH-]. The zero-order valence-corrected chi connectivity index (χ0v) is 23.3. The number of hydrogen-bond donors (Lipinski definition) is 1. The highest BCUT2D eigenvalue weighted by molar-refractivity contribution is 6.35. The Balaban J connectivity index is 0.00000441. The second kappa shape index (κ2) is 14.2. The molecular formula is C30H27Cl2N3O5. The lowest BCUT2D eigenvalue weighted by Gasteiger charge is -2.20.